The predicted molar refractivity (Wildman–Crippen MR) is 42.0 cm³/mol. The van der Waals surface area contributed by atoms with Crippen LogP contribution in [0, 0.1) is 0 Å². The molecule has 1 aliphatic rings. The van der Waals surface area contributed by atoms with Crippen molar-refractivity contribution in [1.82, 2.24) is 0 Å². The smallest absolute Gasteiger partial charge is 0 e. The van der Waals surface area contributed by atoms with Gasteiger partial charge in [0.2, 0.25) is 0 Å². The summed E-state index contributed by atoms with van der Waals surface area (Å²) in [6.07, 6.45) is 8.14. The first-order valence-corrected chi connectivity index (χ1v) is 2.17. The number of allylic oxidation sites excluding steroid dienone is 4. The van der Waals surface area contributed by atoms with E-state index in [9.17, 15) is 4.79 Å². The van der Waals surface area contributed by atoms with Crippen molar-refractivity contribution in [2.75, 3.05) is 0 Å². The van der Waals surface area contributed by atoms with Gasteiger partial charge in [0, 0.05) is 18.6 Å². The molecule has 1 radical (unpaired) electrons. The van der Waals surface area contributed by atoms with E-state index in [1.54, 1.807) is 6.08 Å². The second-order valence-corrected chi connectivity index (χ2v) is 1.43. The normalized spacial score (nSPS) is 11.8. The van der Waals surface area contributed by atoms with Crippen LogP contribution in [0.15, 0.2) is 23.8 Å². The van der Waals surface area contributed by atoms with Gasteiger partial charge in [-0.1, -0.05) is 0 Å². The third kappa shape index (κ3) is 5.13. The molecule has 0 aromatic heterocycles. The summed E-state index contributed by atoms with van der Waals surface area (Å²) in [5.41, 5.74) is 0.750. The Morgan fingerprint density at radius 3 is 2.20 bits per heavy atom. The fraction of sp³-hybridized carbons (Fsp3) is 0.167. The largest absolute Gasteiger partial charge is 0.419 e. The Morgan fingerprint density at radius 2 is 2.00 bits per heavy atom. The summed E-state index contributed by atoms with van der Waals surface area (Å²) in [5, 5.41) is 0. The van der Waals surface area contributed by atoms with Gasteiger partial charge < -0.3 is 4.79 Å². The van der Waals surface area contributed by atoms with Crippen molar-refractivity contribution in [3.63, 3.8) is 0 Å². The molecule has 57 valence electrons. The van der Waals surface area contributed by atoms with Crippen molar-refractivity contribution in [2.24, 2.45) is 0 Å². The maximum absolute atomic E-state index is 9.77. The van der Waals surface area contributed by atoms with Gasteiger partial charge in [-0.25, -0.2) is 6.08 Å². The number of halogens is 2. The predicted octanol–water partition coefficient (Wildman–Crippen LogP) is 1.82. The average molecular weight is 217 g/mol. The first-order chi connectivity index (χ1) is 3.43. The van der Waals surface area contributed by atoms with E-state index in [0.29, 0.717) is 0 Å². The van der Waals surface area contributed by atoms with Gasteiger partial charge in [-0.3, -0.25) is 0 Å². The fourth-order valence-electron chi connectivity index (χ4n) is 0.523. The van der Waals surface area contributed by atoms with Gasteiger partial charge in [-0.15, -0.1) is 37.0 Å². The standard InChI is InChI=1S/C6H5O.2ClH.V/c7-5-6-3-1-2-4-6;;;/h1-3H,4H2;2*1H;/q-1;;;. The molecular weight excluding hydrogens is 210 g/mol. The quantitative estimate of drug-likeness (QED) is 0.612. The molecule has 1 rings (SSSR count). The zero-order valence-corrected chi connectivity index (χ0v) is 8.14. The van der Waals surface area contributed by atoms with Gasteiger partial charge in [0.25, 0.3) is 0 Å². The summed E-state index contributed by atoms with van der Waals surface area (Å²) in [5.74, 6) is 0. The van der Waals surface area contributed by atoms with Gasteiger partial charge >= 0.3 is 0 Å². The number of hydrogen-bond donors (Lipinski definition) is 0. The van der Waals surface area contributed by atoms with Crippen LogP contribution in [0.3, 0.4) is 0 Å². The van der Waals surface area contributed by atoms with E-state index in [1.807, 2.05) is 18.4 Å². The molecule has 1 aliphatic carbocycles. The van der Waals surface area contributed by atoms with E-state index in [4.69, 9.17) is 0 Å². The molecule has 10 heavy (non-hydrogen) atoms. The first-order valence-electron chi connectivity index (χ1n) is 2.17. The summed E-state index contributed by atoms with van der Waals surface area (Å²) < 4.78 is 0. The van der Waals surface area contributed by atoms with Crippen LogP contribution >= 0.6 is 24.8 Å². The minimum Gasteiger partial charge on any atom is -0.419 e. The van der Waals surface area contributed by atoms with Gasteiger partial charge in [0.15, 0.2) is 0 Å². The Labute approximate surface area is 84.7 Å². The topological polar surface area (TPSA) is 17.1 Å². The minimum atomic E-state index is 0. The van der Waals surface area contributed by atoms with Crippen LogP contribution in [0.4, 0.5) is 0 Å². The van der Waals surface area contributed by atoms with Crippen molar-refractivity contribution in [1.29, 1.82) is 0 Å². The van der Waals surface area contributed by atoms with Crippen molar-refractivity contribution >= 4 is 31.1 Å². The summed E-state index contributed by atoms with van der Waals surface area (Å²) in [4.78, 5) is 9.77. The third-order valence-electron chi connectivity index (χ3n) is 0.902. The molecule has 0 aromatic rings. The molecule has 0 atom stereocenters. The van der Waals surface area contributed by atoms with E-state index in [-0.39, 0.29) is 43.4 Å². The molecule has 0 bridgehead atoms. The van der Waals surface area contributed by atoms with Crippen LogP contribution in [0.5, 0.6) is 0 Å². The molecule has 0 heterocycles. The Kier molecular flexibility index (Phi) is 15.6. The van der Waals surface area contributed by atoms with Gasteiger partial charge in [0.1, 0.15) is 0 Å². The van der Waals surface area contributed by atoms with Crippen LogP contribution < -0.4 is 0 Å². The molecule has 0 saturated heterocycles. The Hall–Kier alpha value is 0.314. The van der Waals surface area contributed by atoms with Crippen molar-refractivity contribution in [3.05, 3.63) is 23.8 Å². The van der Waals surface area contributed by atoms with E-state index < -0.39 is 0 Å². The zero-order valence-electron chi connectivity index (χ0n) is 5.11. The first kappa shape index (κ1) is 16.7. The third-order valence-corrected chi connectivity index (χ3v) is 0.902. The molecule has 4 heteroatoms. The Morgan fingerprint density at radius 1 is 1.40 bits per heavy atom. The van der Waals surface area contributed by atoms with Crippen LogP contribution in [0.25, 0.3) is 0 Å². The van der Waals surface area contributed by atoms with Gasteiger partial charge in [-0.05, 0) is 12.7 Å². The molecule has 0 aliphatic heterocycles. The van der Waals surface area contributed by atoms with Gasteiger partial charge in [-0.2, -0.15) is 5.57 Å². The maximum Gasteiger partial charge on any atom is 0 e. The van der Waals surface area contributed by atoms with E-state index in [0.717, 1.165) is 12.0 Å². The van der Waals surface area contributed by atoms with Crippen molar-refractivity contribution in [2.45, 2.75) is 6.42 Å². The summed E-state index contributed by atoms with van der Waals surface area (Å²) in [6, 6.07) is 0. The minimum absolute atomic E-state index is 0. The Balaban J connectivity index is -0.000000163. The van der Waals surface area contributed by atoms with E-state index in [1.165, 1.54) is 0 Å². The van der Waals surface area contributed by atoms with Crippen LogP contribution in [-0.2, 0) is 23.4 Å². The van der Waals surface area contributed by atoms with Crippen molar-refractivity contribution < 1.29 is 23.4 Å². The molecule has 0 fully saturated rings. The van der Waals surface area contributed by atoms with Crippen molar-refractivity contribution in [3.8, 4) is 0 Å². The Bertz CT molecular complexity index is 143. The van der Waals surface area contributed by atoms with Crippen LogP contribution in [0.1, 0.15) is 6.42 Å². The van der Waals surface area contributed by atoms with Crippen LogP contribution in [0.2, 0.25) is 0 Å². The number of rotatable bonds is 1. The van der Waals surface area contributed by atoms with Gasteiger partial charge in [0.05, 0.1) is 0 Å². The molecule has 0 spiro atoms. The molecule has 0 saturated carbocycles. The molecule has 0 N–H and O–H groups in total. The molecule has 0 aromatic carbocycles. The monoisotopic (exact) mass is 216 g/mol. The van der Waals surface area contributed by atoms with E-state index >= 15 is 0 Å². The maximum atomic E-state index is 9.77. The summed E-state index contributed by atoms with van der Waals surface area (Å²) in [6.45, 7) is 0. The fourth-order valence-corrected chi connectivity index (χ4v) is 0.523. The summed E-state index contributed by atoms with van der Waals surface area (Å²) >= 11 is 0. The van der Waals surface area contributed by atoms with Crippen LogP contribution in [-0.4, -0.2) is 6.29 Å². The molecular formula is C6H7Cl2OV-. The number of carbonyl (C=O) groups excluding carboxylic acids is 1. The molecule has 0 unspecified atom stereocenters. The second-order valence-electron chi connectivity index (χ2n) is 1.43. The second kappa shape index (κ2) is 9.31. The number of hydrogen-bond acceptors (Lipinski definition) is 1. The van der Waals surface area contributed by atoms with E-state index in [2.05, 4.69) is 0 Å². The summed E-state index contributed by atoms with van der Waals surface area (Å²) in [7, 11) is 0. The zero-order chi connectivity index (χ0) is 5.11. The molecule has 1 nitrogen and oxygen atoms in total. The molecule has 0 amide bonds. The SMILES string of the molecule is Cl.Cl.O=[C-]C1=CC=CC1.[V]. The average Bonchev–Trinajstić information content (AvgIpc) is 2.14.